The monoisotopic (exact) mass is 226 g/mol. The van der Waals surface area contributed by atoms with Gasteiger partial charge in [-0.15, -0.1) is 0 Å². The summed E-state index contributed by atoms with van der Waals surface area (Å²) in [6.07, 6.45) is 0. The Morgan fingerprint density at radius 1 is 1.50 bits per heavy atom. The van der Waals surface area contributed by atoms with Crippen molar-refractivity contribution in [2.24, 2.45) is 10.7 Å². The van der Waals surface area contributed by atoms with Gasteiger partial charge in [0.25, 0.3) is 0 Å². The molecule has 0 bridgehead atoms. The molecule has 5 nitrogen and oxygen atoms in total. The van der Waals surface area contributed by atoms with Gasteiger partial charge < -0.3 is 15.5 Å². The van der Waals surface area contributed by atoms with Gasteiger partial charge in [-0.3, -0.25) is 9.79 Å². The molecule has 0 atom stereocenters. The van der Waals surface area contributed by atoms with Crippen molar-refractivity contribution in [1.29, 1.82) is 0 Å². The van der Waals surface area contributed by atoms with Crippen LogP contribution in [0.2, 0.25) is 0 Å². The molecule has 0 spiro atoms. The van der Waals surface area contributed by atoms with E-state index >= 15 is 0 Å². The van der Waals surface area contributed by atoms with E-state index in [0.717, 1.165) is 6.54 Å². The Morgan fingerprint density at radius 2 is 2.06 bits per heavy atom. The maximum atomic E-state index is 12.1. The first kappa shape index (κ1) is 12.8. The van der Waals surface area contributed by atoms with Crippen molar-refractivity contribution in [3.05, 3.63) is 0 Å². The van der Waals surface area contributed by atoms with Crippen molar-refractivity contribution < 1.29 is 4.79 Å². The Balaban J connectivity index is 2.92. The van der Waals surface area contributed by atoms with Crippen LogP contribution in [0.4, 0.5) is 0 Å². The van der Waals surface area contributed by atoms with Gasteiger partial charge in [0.2, 0.25) is 5.91 Å². The Kier molecular flexibility index (Phi) is 3.45. The fourth-order valence-corrected chi connectivity index (χ4v) is 2.47. The zero-order valence-electron chi connectivity index (χ0n) is 10.8. The highest BCUT2D eigenvalue weighted by Gasteiger charge is 2.40. The van der Waals surface area contributed by atoms with E-state index in [9.17, 15) is 4.79 Å². The summed E-state index contributed by atoms with van der Waals surface area (Å²) in [5.74, 6) is 0.544. The maximum absolute atomic E-state index is 12.1. The highest BCUT2D eigenvalue weighted by Crippen LogP contribution is 2.23. The van der Waals surface area contributed by atoms with E-state index < -0.39 is 0 Å². The van der Waals surface area contributed by atoms with Gasteiger partial charge in [-0.1, -0.05) is 0 Å². The Bertz CT molecular complexity index is 309. The van der Waals surface area contributed by atoms with E-state index in [1.807, 2.05) is 23.6 Å². The summed E-state index contributed by atoms with van der Waals surface area (Å²) in [4.78, 5) is 19.7. The largest absolute Gasteiger partial charge is 0.370 e. The summed E-state index contributed by atoms with van der Waals surface area (Å²) in [6.45, 7) is 9.23. The number of carbonyl (C=O) groups is 1. The van der Waals surface area contributed by atoms with Crippen molar-refractivity contribution in [2.75, 3.05) is 20.1 Å². The van der Waals surface area contributed by atoms with Crippen LogP contribution in [-0.4, -0.2) is 53.4 Å². The number of hydrogen-bond acceptors (Lipinski definition) is 2. The van der Waals surface area contributed by atoms with Gasteiger partial charge in [0.1, 0.15) is 0 Å². The van der Waals surface area contributed by atoms with Crippen molar-refractivity contribution in [2.45, 2.75) is 39.3 Å². The molecule has 92 valence electrons. The number of rotatable bonds is 1. The molecular weight excluding hydrogens is 204 g/mol. The molecule has 1 aliphatic heterocycles. The predicted molar refractivity (Wildman–Crippen MR) is 65.2 cm³/mol. The molecule has 5 heteroatoms. The summed E-state index contributed by atoms with van der Waals surface area (Å²) in [5.41, 5.74) is 5.55. The van der Waals surface area contributed by atoms with Gasteiger partial charge in [-0.25, -0.2) is 0 Å². The van der Waals surface area contributed by atoms with Gasteiger partial charge in [0, 0.05) is 19.6 Å². The van der Waals surface area contributed by atoms with Gasteiger partial charge >= 0.3 is 0 Å². The van der Waals surface area contributed by atoms with Gasteiger partial charge in [-0.05, 0) is 27.7 Å². The second kappa shape index (κ2) is 4.31. The Hall–Kier alpha value is -1.26. The third kappa shape index (κ3) is 2.28. The number of nitrogens with zero attached hydrogens (tertiary/aromatic N) is 3. The summed E-state index contributed by atoms with van der Waals surface area (Å²) in [6, 6.07) is 0.212. The molecular formula is C11H22N4O. The van der Waals surface area contributed by atoms with E-state index in [4.69, 9.17) is 5.73 Å². The van der Waals surface area contributed by atoms with Gasteiger partial charge in [-0.2, -0.15) is 0 Å². The molecule has 1 saturated heterocycles. The first-order valence-corrected chi connectivity index (χ1v) is 5.59. The van der Waals surface area contributed by atoms with E-state index in [1.54, 1.807) is 7.05 Å². The average molecular weight is 226 g/mol. The molecule has 0 aromatic rings. The average Bonchev–Trinajstić information content (AvgIpc) is 2.13. The quantitative estimate of drug-likeness (QED) is 0.515. The number of amides is 1. The van der Waals surface area contributed by atoms with Crippen LogP contribution in [-0.2, 0) is 4.79 Å². The number of guanidine groups is 1. The first-order chi connectivity index (χ1) is 7.29. The molecule has 1 heterocycles. The summed E-state index contributed by atoms with van der Waals surface area (Å²) in [7, 11) is 1.64. The minimum atomic E-state index is -0.210. The molecule has 0 aromatic heterocycles. The van der Waals surface area contributed by atoms with E-state index in [-0.39, 0.29) is 17.5 Å². The zero-order valence-corrected chi connectivity index (χ0v) is 10.8. The highest BCUT2D eigenvalue weighted by atomic mass is 16.2. The van der Waals surface area contributed by atoms with E-state index in [2.05, 4.69) is 18.8 Å². The molecule has 16 heavy (non-hydrogen) atoms. The van der Waals surface area contributed by atoms with Crippen LogP contribution in [0.5, 0.6) is 0 Å². The Labute approximate surface area is 97.3 Å². The van der Waals surface area contributed by atoms with Crippen LogP contribution in [0.3, 0.4) is 0 Å². The predicted octanol–water partition coefficient (Wildman–Crippen LogP) is 0.262. The lowest BCUT2D eigenvalue weighted by atomic mass is 9.96. The molecule has 1 fully saturated rings. The van der Waals surface area contributed by atoms with Crippen LogP contribution in [0.15, 0.2) is 4.99 Å². The molecule has 0 aliphatic carbocycles. The van der Waals surface area contributed by atoms with Gasteiger partial charge in [0.05, 0.1) is 12.1 Å². The standard InChI is InChI=1S/C11H22N4O/c1-8(2)15-9(16)6-14(10(12)13-5)7-11(15,3)4/h8H,6-7H2,1-5H3,(H2,12,13). The number of aliphatic imine (C=N–C) groups is 1. The fraction of sp³-hybridized carbons (Fsp3) is 0.818. The summed E-state index contributed by atoms with van der Waals surface area (Å²) in [5, 5.41) is 0. The lowest BCUT2D eigenvalue weighted by molar-refractivity contribution is -0.145. The molecule has 0 radical (unpaired) electrons. The Morgan fingerprint density at radius 3 is 2.44 bits per heavy atom. The van der Waals surface area contributed by atoms with E-state index in [0.29, 0.717) is 12.5 Å². The minimum Gasteiger partial charge on any atom is -0.370 e. The number of nitrogens with two attached hydrogens (primary N) is 1. The normalized spacial score (nSPS) is 21.9. The fourth-order valence-electron chi connectivity index (χ4n) is 2.47. The SMILES string of the molecule is CN=C(N)N1CC(=O)N(C(C)C)C(C)(C)C1. The first-order valence-electron chi connectivity index (χ1n) is 5.59. The topological polar surface area (TPSA) is 61.9 Å². The van der Waals surface area contributed by atoms with Crippen molar-refractivity contribution in [1.82, 2.24) is 9.80 Å². The minimum absolute atomic E-state index is 0.109. The molecule has 0 aromatic carbocycles. The molecule has 2 N–H and O–H groups in total. The van der Waals surface area contributed by atoms with Crippen LogP contribution in [0.25, 0.3) is 0 Å². The van der Waals surface area contributed by atoms with Crippen LogP contribution in [0, 0.1) is 0 Å². The summed E-state index contributed by atoms with van der Waals surface area (Å²) < 4.78 is 0. The smallest absolute Gasteiger partial charge is 0.242 e. The van der Waals surface area contributed by atoms with E-state index in [1.165, 1.54) is 0 Å². The number of carbonyl (C=O) groups excluding carboxylic acids is 1. The third-order valence-corrected chi connectivity index (χ3v) is 2.89. The van der Waals surface area contributed by atoms with Gasteiger partial charge in [0.15, 0.2) is 5.96 Å². The second-order valence-corrected chi connectivity index (χ2v) is 5.11. The molecule has 1 aliphatic rings. The number of hydrogen-bond donors (Lipinski definition) is 1. The molecule has 0 unspecified atom stereocenters. The van der Waals surface area contributed by atoms with Crippen LogP contribution >= 0.6 is 0 Å². The van der Waals surface area contributed by atoms with Crippen LogP contribution < -0.4 is 5.73 Å². The lowest BCUT2D eigenvalue weighted by Crippen LogP contribution is -2.65. The molecule has 1 amide bonds. The highest BCUT2D eigenvalue weighted by molar-refractivity contribution is 5.87. The number of piperazine rings is 1. The zero-order chi connectivity index (χ0) is 12.5. The van der Waals surface area contributed by atoms with Crippen LogP contribution in [0.1, 0.15) is 27.7 Å². The second-order valence-electron chi connectivity index (χ2n) is 5.11. The molecule has 1 rings (SSSR count). The van der Waals surface area contributed by atoms with Crippen molar-refractivity contribution >= 4 is 11.9 Å². The maximum Gasteiger partial charge on any atom is 0.242 e. The lowest BCUT2D eigenvalue weighted by Gasteiger charge is -2.49. The third-order valence-electron chi connectivity index (χ3n) is 2.89. The summed E-state index contributed by atoms with van der Waals surface area (Å²) >= 11 is 0. The van der Waals surface area contributed by atoms with Crippen molar-refractivity contribution in [3.63, 3.8) is 0 Å². The molecule has 0 saturated carbocycles. The van der Waals surface area contributed by atoms with Crippen molar-refractivity contribution in [3.8, 4) is 0 Å².